The van der Waals surface area contributed by atoms with Crippen molar-refractivity contribution in [3.05, 3.63) is 29.2 Å². The second kappa shape index (κ2) is 9.50. The van der Waals surface area contributed by atoms with Crippen LogP contribution in [0.4, 0.5) is 0 Å². The molecule has 20 heavy (non-hydrogen) atoms. The largest absolute Gasteiger partial charge is 0.382 e. The van der Waals surface area contributed by atoms with Crippen molar-refractivity contribution in [3.63, 3.8) is 0 Å². The van der Waals surface area contributed by atoms with E-state index in [0.29, 0.717) is 19.8 Å². The number of nitrogens with zero attached hydrogens (tertiary/aromatic N) is 2. The van der Waals surface area contributed by atoms with Crippen LogP contribution in [-0.2, 0) is 22.4 Å². The molecule has 1 aromatic rings. The van der Waals surface area contributed by atoms with E-state index in [1.165, 1.54) is 5.35 Å². The van der Waals surface area contributed by atoms with Gasteiger partial charge in [0.15, 0.2) is 0 Å². The van der Waals surface area contributed by atoms with Gasteiger partial charge in [0.25, 0.3) is 0 Å². The average molecular weight is 278 g/mol. The summed E-state index contributed by atoms with van der Waals surface area (Å²) < 4.78 is 12.8. The van der Waals surface area contributed by atoms with Crippen LogP contribution in [0.1, 0.15) is 26.1 Å². The summed E-state index contributed by atoms with van der Waals surface area (Å²) in [6.07, 6.45) is 7.89. The van der Waals surface area contributed by atoms with Crippen LogP contribution in [0.2, 0.25) is 0 Å². The lowest BCUT2D eigenvalue weighted by Gasteiger charge is -2.08. The van der Waals surface area contributed by atoms with E-state index in [1.54, 1.807) is 7.11 Å². The Balaban J connectivity index is 2.91. The van der Waals surface area contributed by atoms with Crippen LogP contribution in [0.15, 0.2) is 12.7 Å². The maximum atomic E-state index is 5.56. The average Bonchev–Trinajstić information content (AvgIpc) is 2.82. The summed E-state index contributed by atoms with van der Waals surface area (Å²) in [5, 5.41) is 2.21. The van der Waals surface area contributed by atoms with Crippen LogP contribution in [-0.4, -0.2) is 36.5 Å². The van der Waals surface area contributed by atoms with E-state index in [0.717, 1.165) is 30.6 Å². The molecular weight excluding hydrogens is 252 g/mol. The highest BCUT2D eigenvalue weighted by molar-refractivity contribution is 5.27. The second-order valence-corrected chi connectivity index (χ2v) is 4.43. The van der Waals surface area contributed by atoms with Crippen molar-refractivity contribution in [2.24, 2.45) is 0 Å². The van der Waals surface area contributed by atoms with Gasteiger partial charge in [-0.1, -0.05) is 25.2 Å². The molecule has 0 atom stereocenters. The number of hydrogen-bond acceptors (Lipinski definition) is 3. The summed E-state index contributed by atoms with van der Waals surface area (Å²) in [7, 11) is 1.68. The number of aryl methyl sites for hydroxylation is 1. The molecule has 0 unspecified atom stereocenters. The maximum Gasteiger partial charge on any atom is 0.109 e. The molecule has 0 fully saturated rings. The molecule has 0 radical (unpaired) electrons. The first-order valence-electron chi connectivity index (χ1n) is 7.18. The van der Waals surface area contributed by atoms with Gasteiger partial charge >= 0.3 is 0 Å². The first-order chi connectivity index (χ1) is 9.78. The SMILES string of the molecule is C=CCC=c1/c(=C\C)nc(CC)n1CCOCCOC. The van der Waals surface area contributed by atoms with Crippen molar-refractivity contribution >= 4 is 12.2 Å². The Labute approximate surface area is 121 Å². The number of ether oxygens (including phenoxy) is 2. The van der Waals surface area contributed by atoms with Crippen molar-refractivity contribution in [1.29, 1.82) is 0 Å². The van der Waals surface area contributed by atoms with Crippen molar-refractivity contribution in [2.45, 2.75) is 33.2 Å². The monoisotopic (exact) mass is 278 g/mol. The van der Waals surface area contributed by atoms with E-state index in [-0.39, 0.29) is 0 Å². The highest BCUT2D eigenvalue weighted by Crippen LogP contribution is 1.93. The minimum absolute atomic E-state index is 0.630. The Morgan fingerprint density at radius 2 is 2.10 bits per heavy atom. The molecule has 0 aliphatic carbocycles. The smallest absolute Gasteiger partial charge is 0.109 e. The quantitative estimate of drug-likeness (QED) is 0.504. The third-order valence-corrected chi connectivity index (χ3v) is 3.07. The molecule has 0 aliphatic heterocycles. The fourth-order valence-electron chi connectivity index (χ4n) is 2.08. The van der Waals surface area contributed by atoms with Crippen LogP contribution in [0, 0.1) is 0 Å². The van der Waals surface area contributed by atoms with Crippen LogP contribution < -0.4 is 10.7 Å². The van der Waals surface area contributed by atoms with Crippen LogP contribution in [0.3, 0.4) is 0 Å². The molecule has 112 valence electrons. The summed E-state index contributed by atoms with van der Waals surface area (Å²) in [6, 6.07) is 0. The van der Waals surface area contributed by atoms with Gasteiger partial charge in [-0.25, -0.2) is 4.98 Å². The maximum absolute atomic E-state index is 5.56. The minimum Gasteiger partial charge on any atom is -0.382 e. The lowest BCUT2D eigenvalue weighted by molar-refractivity contribution is 0.0661. The first-order valence-corrected chi connectivity index (χ1v) is 7.18. The van der Waals surface area contributed by atoms with Crippen molar-refractivity contribution in [2.75, 3.05) is 26.9 Å². The number of allylic oxidation sites excluding steroid dienone is 1. The number of imidazole rings is 1. The first kappa shape index (κ1) is 16.7. The highest BCUT2D eigenvalue weighted by Gasteiger charge is 2.05. The van der Waals surface area contributed by atoms with E-state index in [2.05, 4.69) is 35.2 Å². The molecule has 0 bridgehead atoms. The zero-order valence-corrected chi connectivity index (χ0v) is 12.9. The van der Waals surface area contributed by atoms with Crippen molar-refractivity contribution in [3.8, 4) is 0 Å². The Morgan fingerprint density at radius 1 is 1.30 bits per heavy atom. The topological polar surface area (TPSA) is 36.3 Å². The standard InChI is InChI=1S/C16H26N2O2/c1-5-8-9-15-14(6-2)17-16(7-3)18(15)10-11-20-13-12-19-4/h5-6,9H,1,7-8,10-13H2,2-4H3/b14-6+,15-9?. The molecule has 4 nitrogen and oxygen atoms in total. The third kappa shape index (κ3) is 4.62. The molecule has 0 N–H and O–H groups in total. The molecule has 4 heteroatoms. The summed E-state index contributed by atoms with van der Waals surface area (Å²) in [4.78, 5) is 4.68. The van der Waals surface area contributed by atoms with E-state index < -0.39 is 0 Å². The number of rotatable bonds is 9. The van der Waals surface area contributed by atoms with Crippen LogP contribution in [0.25, 0.3) is 12.2 Å². The van der Waals surface area contributed by atoms with E-state index >= 15 is 0 Å². The van der Waals surface area contributed by atoms with Crippen molar-refractivity contribution < 1.29 is 9.47 Å². The summed E-state index contributed by atoms with van der Waals surface area (Å²) >= 11 is 0. The van der Waals surface area contributed by atoms with E-state index in [1.807, 2.05) is 13.0 Å². The molecule has 0 spiro atoms. The predicted molar refractivity (Wildman–Crippen MR) is 83.0 cm³/mol. The van der Waals surface area contributed by atoms with Gasteiger partial charge in [-0.15, -0.1) is 6.58 Å². The van der Waals surface area contributed by atoms with Gasteiger partial charge in [-0.3, -0.25) is 0 Å². The summed E-state index contributed by atoms with van der Waals surface area (Å²) in [5.41, 5.74) is 0. The fourth-order valence-corrected chi connectivity index (χ4v) is 2.08. The molecule has 0 aromatic carbocycles. The minimum atomic E-state index is 0.630. The van der Waals surface area contributed by atoms with Gasteiger partial charge in [0.05, 0.1) is 30.5 Å². The number of aromatic nitrogens is 2. The van der Waals surface area contributed by atoms with Gasteiger partial charge in [-0.05, 0) is 13.3 Å². The molecule has 1 aromatic heterocycles. The van der Waals surface area contributed by atoms with Gasteiger partial charge in [0.2, 0.25) is 0 Å². The Kier molecular flexibility index (Phi) is 7.92. The third-order valence-electron chi connectivity index (χ3n) is 3.07. The van der Waals surface area contributed by atoms with Gasteiger partial charge in [0, 0.05) is 20.1 Å². The highest BCUT2D eigenvalue weighted by atomic mass is 16.5. The molecule has 0 saturated carbocycles. The van der Waals surface area contributed by atoms with E-state index in [9.17, 15) is 0 Å². The number of hydrogen-bond donors (Lipinski definition) is 0. The molecule has 1 rings (SSSR count). The molecule has 0 aliphatic rings. The predicted octanol–water partition coefficient (Wildman–Crippen LogP) is 1.27. The van der Waals surface area contributed by atoms with Crippen LogP contribution in [0.5, 0.6) is 0 Å². The van der Waals surface area contributed by atoms with Gasteiger partial charge in [-0.2, -0.15) is 0 Å². The molecule has 1 heterocycles. The lowest BCUT2D eigenvalue weighted by Crippen LogP contribution is -2.31. The fraction of sp³-hybridized carbons (Fsp3) is 0.562. The molecule has 0 saturated heterocycles. The Morgan fingerprint density at radius 3 is 2.70 bits per heavy atom. The van der Waals surface area contributed by atoms with Gasteiger partial charge < -0.3 is 14.0 Å². The Hall–Kier alpha value is -1.39. The summed E-state index contributed by atoms with van der Waals surface area (Å²) in [6.45, 7) is 10.7. The molecular formula is C16H26N2O2. The lowest BCUT2D eigenvalue weighted by atomic mass is 10.3. The second-order valence-electron chi connectivity index (χ2n) is 4.43. The molecule has 0 amide bonds. The van der Waals surface area contributed by atoms with E-state index in [4.69, 9.17) is 9.47 Å². The van der Waals surface area contributed by atoms with Crippen molar-refractivity contribution in [1.82, 2.24) is 9.55 Å². The van der Waals surface area contributed by atoms with Gasteiger partial charge in [0.1, 0.15) is 5.82 Å². The summed E-state index contributed by atoms with van der Waals surface area (Å²) in [5.74, 6) is 1.10. The zero-order chi connectivity index (χ0) is 14.8. The van der Waals surface area contributed by atoms with Crippen LogP contribution >= 0.6 is 0 Å². The Bertz CT molecular complexity index is 517. The number of methoxy groups -OCH3 is 1. The normalized spacial score (nSPS) is 13.2. The zero-order valence-electron chi connectivity index (χ0n) is 12.9.